The van der Waals surface area contributed by atoms with Gasteiger partial charge in [0.1, 0.15) is 0 Å². The number of hydrogen-bond acceptors (Lipinski definition) is 0. The standard InChI is InChI=1S/C24H49.Na/c1-4-6-8-10-12-14-15-17-19-21-23-24(3)22-20-18-16-13-11-9-7-5-2;/h24H,3-23H2,1-2H3;/q-1;+1. The van der Waals surface area contributed by atoms with Crippen LogP contribution in [0.4, 0.5) is 0 Å². The van der Waals surface area contributed by atoms with Gasteiger partial charge in [0, 0.05) is 0 Å². The van der Waals surface area contributed by atoms with Gasteiger partial charge < -0.3 is 6.92 Å². The molecule has 0 aromatic heterocycles. The molecule has 0 N–H and O–H groups in total. The van der Waals surface area contributed by atoms with Crippen molar-refractivity contribution in [2.45, 2.75) is 142 Å². The average molecular weight is 361 g/mol. The molecule has 0 aliphatic rings. The summed E-state index contributed by atoms with van der Waals surface area (Å²) in [5.41, 5.74) is 0. The van der Waals surface area contributed by atoms with Gasteiger partial charge in [0.2, 0.25) is 0 Å². The van der Waals surface area contributed by atoms with E-state index in [9.17, 15) is 0 Å². The first-order chi connectivity index (χ1) is 11.8. The fourth-order valence-corrected chi connectivity index (χ4v) is 3.63. The zero-order chi connectivity index (χ0) is 17.7. The van der Waals surface area contributed by atoms with Crippen molar-refractivity contribution in [3.05, 3.63) is 6.92 Å². The molecule has 0 saturated heterocycles. The molecule has 0 spiro atoms. The van der Waals surface area contributed by atoms with Crippen LogP contribution in [-0.2, 0) is 0 Å². The number of hydrogen-bond donors (Lipinski definition) is 0. The molecule has 1 unspecified atom stereocenters. The van der Waals surface area contributed by atoms with Crippen LogP contribution in [0.1, 0.15) is 142 Å². The van der Waals surface area contributed by atoms with E-state index in [0.717, 1.165) is 5.92 Å². The second-order valence-electron chi connectivity index (χ2n) is 8.10. The van der Waals surface area contributed by atoms with Crippen LogP contribution in [0.25, 0.3) is 0 Å². The van der Waals surface area contributed by atoms with E-state index in [2.05, 4.69) is 20.8 Å². The molecule has 0 aliphatic carbocycles. The minimum absolute atomic E-state index is 0. The maximum atomic E-state index is 4.37. The molecule has 0 saturated carbocycles. The zero-order valence-electron chi connectivity index (χ0n) is 18.4. The molecule has 0 amide bonds. The molecule has 0 bridgehead atoms. The summed E-state index contributed by atoms with van der Waals surface area (Å²) in [5, 5.41) is 0. The Bertz CT molecular complexity index is 214. The first-order valence-electron chi connectivity index (χ1n) is 11.6. The average Bonchev–Trinajstić information content (AvgIpc) is 2.59. The Hall–Kier alpha value is 1.00. The van der Waals surface area contributed by atoms with Gasteiger partial charge in [-0.05, 0) is 0 Å². The fraction of sp³-hybridized carbons (Fsp3) is 0.958. The molecular weight excluding hydrogens is 311 g/mol. The summed E-state index contributed by atoms with van der Waals surface area (Å²) in [5.74, 6) is 0.721. The van der Waals surface area contributed by atoms with Crippen molar-refractivity contribution in [1.82, 2.24) is 0 Å². The molecule has 0 rings (SSSR count). The predicted molar refractivity (Wildman–Crippen MR) is 113 cm³/mol. The van der Waals surface area contributed by atoms with Gasteiger partial charge in [-0.15, -0.1) is 0 Å². The van der Waals surface area contributed by atoms with Crippen LogP contribution >= 0.6 is 0 Å². The molecule has 0 aromatic rings. The van der Waals surface area contributed by atoms with Crippen molar-refractivity contribution in [3.8, 4) is 0 Å². The maximum absolute atomic E-state index is 4.37. The molecule has 0 aliphatic heterocycles. The summed E-state index contributed by atoms with van der Waals surface area (Å²) >= 11 is 0. The molecule has 0 heterocycles. The van der Waals surface area contributed by atoms with E-state index >= 15 is 0 Å². The minimum Gasteiger partial charge on any atom is -0.340 e. The summed E-state index contributed by atoms with van der Waals surface area (Å²) in [4.78, 5) is 0. The summed E-state index contributed by atoms with van der Waals surface area (Å²) in [7, 11) is 0. The molecule has 146 valence electrons. The van der Waals surface area contributed by atoms with E-state index in [-0.39, 0.29) is 29.6 Å². The van der Waals surface area contributed by atoms with Crippen LogP contribution in [0, 0.1) is 12.8 Å². The van der Waals surface area contributed by atoms with E-state index in [1.807, 2.05) is 0 Å². The molecular formula is C24H49Na. The monoisotopic (exact) mass is 360 g/mol. The summed E-state index contributed by atoms with van der Waals surface area (Å²) in [6, 6.07) is 0. The SMILES string of the molecule is [CH2-]C(CCCCCCCCCC)CCCCCCCCCCCC.[Na+]. The van der Waals surface area contributed by atoms with Crippen molar-refractivity contribution in [3.63, 3.8) is 0 Å². The van der Waals surface area contributed by atoms with Crippen molar-refractivity contribution in [1.29, 1.82) is 0 Å². The van der Waals surface area contributed by atoms with Gasteiger partial charge in [-0.2, -0.15) is 5.92 Å². The minimum atomic E-state index is 0. The quantitative estimate of drug-likeness (QED) is 0.136. The van der Waals surface area contributed by atoms with Crippen LogP contribution in [0.3, 0.4) is 0 Å². The molecule has 1 atom stereocenters. The largest absolute Gasteiger partial charge is 1.00 e. The Kier molecular flexibility index (Phi) is 28.2. The fourth-order valence-electron chi connectivity index (χ4n) is 3.63. The normalized spacial score (nSPS) is 12.1. The summed E-state index contributed by atoms with van der Waals surface area (Å²) < 4.78 is 0. The third-order valence-corrected chi connectivity index (χ3v) is 5.43. The van der Waals surface area contributed by atoms with Crippen LogP contribution in [0.5, 0.6) is 0 Å². The Labute approximate surface area is 184 Å². The van der Waals surface area contributed by atoms with Crippen LogP contribution in [-0.4, -0.2) is 0 Å². The zero-order valence-corrected chi connectivity index (χ0v) is 20.4. The summed E-state index contributed by atoms with van der Waals surface area (Å²) in [6.07, 6.45) is 28.6. The molecule has 0 fully saturated rings. The van der Waals surface area contributed by atoms with Crippen LogP contribution < -0.4 is 29.6 Å². The molecule has 1 heteroatoms. The van der Waals surface area contributed by atoms with Gasteiger partial charge in [0.25, 0.3) is 0 Å². The third kappa shape index (κ3) is 25.0. The molecule has 0 nitrogen and oxygen atoms in total. The first kappa shape index (κ1) is 28.2. The van der Waals surface area contributed by atoms with Gasteiger partial charge in [0.05, 0.1) is 0 Å². The van der Waals surface area contributed by atoms with Crippen LogP contribution in [0.15, 0.2) is 0 Å². The van der Waals surface area contributed by atoms with E-state index in [4.69, 9.17) is 0 Å². The molecule has 0 radical (unpaired) electrons. The van der Waals surface area contributed by atoms with Crippen molar-refractivity contribution in [2.24, 2.45) is 5.92 Å². The van der Waals surface area contributed by atoms with Gasteiger partial charge in [-0.1, -0.05) is 142 Å². The maximum Gasteiger partial charge on any atom is 1.00 e. The second kappa shape index (κ2) is 25.0. The molecule has 0 aromatic carbocycles. The van der Waals surface area contributed by atoms with Gasteiger partial charge >= 0.3 is 29.6 Å². The van der Waals surface area contributed by atoms with E-state index < -0.39 is 0 Å². The van der Waals surface area contributed by atoms with Gasteiger partial charge in [-0.25, -0.2) is 0 Å². The van der Waals surface area contributed by atoms with E-state index in [1.165, 1.54) is 128 Å². The Morgan fingerprint density at radius 1 is 0.440 bits per heavy atom. The van der Waals surface area contributed by atoms with E-state index in [1.54, 1.807) is 0 Å². The molecule has 25 heavy (non-hydrogen) atoms. The topological polar surface area (TPSA) is 0 Å². The number of rotatable bonds is 20. The number of unbranched alkanes of at least 4 members (excludes halogenated alkanes) is 16. The van der Waals surface area contributed by atoms with Crippen LogP contribution in [0.2, 0.25) is 0 Å². The Balaban J connectivity index is 0. The first-order valence-corrected chi connectivity index (χ1v) is 11.6. The Morgan fingerprint density at radius 3 is 0.960 bits per heavy atom. The third-order valence-electron chi connectivity index (χ3n) is 5.43. The van der Waals surface area contributed by atoms with Gasteiger partial charge in [0.15, 0.2) is 0 Å². The van der Waals surface area contributed by atoms with Crippen molar-refractivity contribution >= 4 is 0 Å². The second-order valence-corrected chi connectivity index (χ2v) is 8.10. The smallest absolute Gasteiger partial charge is 0.340 e. The van der Waals surface area contributed by atoms with Gasteiger partial charge in [-0.3, -0.25) is 0 Å². The Morgan fingerprint density at radius 2 is 0.680 bits per heavy atom. The summed E-state index contributed by atoms with van der Waals surface area (Å²) in [6.45, 7) is 8.96. The van der Waals surface area contributed by atoms with Crippen molar-refractivity contribution in [2.75, 3.05) is 0 Å². The van der Waals surface area contributed by atoms with E-state index in [0.29, 0.717) is 0 Å². The van der Waals surface area contributed by atoms with Crippen molar-refractivity contribution < 1.29 is 29.6 Å². The predicted octanol–water partition coefficient (Wildman–Crippen LogP) is 6.28.